The molecule has 0 saturated carbocycles. The number of hydrogen-bond donors (Lipinski definition) is 0. The number of halogens is 2. The maximum Gasteiger partial charge on any atom is 0.513 e. The van der Waals surface area contributed by atoms with E-state index in [1.54, 1.807) is 24.3 Å². The number of carbonyl (C=O) groups excluding carboxylic acids is 2. The van der Waals surface area contributed by atoms with Gasteiger partial charge in [-0.15, -0.1) is 0 Å². The molecule has 0 radical (unpaired) electrons. The number of rotatable bonds is 12. The van der Waals surface area contributed by atoms with E-state index in [4.69, 9.17) is 14.2 Å². The third-order valence-electron chi connectivity index (χ3n) is 5.61. The monoisotopic (exact) mass is 512 g/mol. The third-order valence-corrected chi connectivity index (χ3v) is 5.61. The minimum absolute atomic E-state index is 0.115. The molecule has 0 aromatic heterocycles. The van der Waals surface area contributed by atoms with Crippen molar-refractivity contribution in [2.45, 2.75) is 45.4 Å². The molecule has 0 saturated heterocycles. The van der Waals surface area contributed by atoms with Crippen LogP contribution in [0, 0.1) is 11.6 Å². The van der Waals surface area contributed by atoms with Crippen molar-refractivity contribution in [2.24, 2.45) is 0 Å². The number of unbranched alkanes of at least 4 members (excludes halogenated alkanes) is 5. The van der Waals surface area contributed by atoms with Crippen molar-refractivity contribution in [3.8, 4) is 28.4 Å². The van der Waals surface area contributed by atoms with Crippen molar-refractivity contribution in [3.05, 3.63) is 77.9 Å². The van der Waals surface area contributed by atoms with E-state index in [1.807, 2.05) is 0 Å². The molecule has 0 heterocycles. The van der Waals surface area contributed by atoms with Gasteiger partial charge in [0.05, 0.1) is 19.3 Å². The summed E-state index contributed by atoms with van der Waals surface area (Å²) >= 11 is 0. The Morgan fingerprint density at radius 3 is 2.08 bits per heavy atom. The normalized spacial score (nSPS) is 10.6. The average Bonchev–Trinajstić information content (AvgIpc) is 2.89. The van der Waals surface area contributed by atoms with E-state index in [1.165, 1.54) is 43.5 Å². The Labute approximate surface area is 215 Å². The van der Waals surface area contributed by atoms with E-state index >= 15 is 0 Å². The van der Waals surface area contributed by atoms with Crippen LogP contribution in [0.3, 0.4) is 0 Å². The van der Waals surface area contributed by atoms with Gasteiger partial charge in [0.15, 0.2) is 11.6 Å². The molecule has 0 aliphatic rings. The lowest BCUT2D eigenvalue weighted by Gasteiger charge is -2.10. The summed E-state index contributed by atoms with van der Waals surface area (Å²) in [4.78, 5) is 23.5. The molecule has 6 nitrogen and oxygen atoms in total. The molecule has 0 aliphatic carbocycles. The highest BCUT2D eigenvalue weighted by Gasteiger charge is 2.16. The summed E-state index contributed by atoms with van der Waals surface area (Å²) in [5, 5.41) is 0. The first-order valence-electron chi connectivity index (χ1n) is 12.2. The van der Waals surface area contributed by atoms with E-state index in [-0.39, 0.29) is 22.8 Å². The van der Waals surface area contributed by atoms with Crippen LogP contribution in [0.25, 0.3) is 11.1 Å². The first kappa shape index (κ1) is 27.6. The van der Waals surface area contributed by atoms with E-state index in [0.29, 0.717) is 17.7 Å². The van der Waals surface area contributed by atoms with Crippen molar-refractivity contribution in [3.63, 3.8) is 0 Å². The van der Waals surface area contributed by atoms with Gasteiger partial charge in [-0.25, -0.2) is 18.4 Å². The number of methoxy groups -OCH3 is 1. The molecule has 0 spiro atoms. The minimum atomic E-state index is -1.01. The Bertz CT molecular complexity index is 1190. The van der Waals surface area contributed by atoms with Crippen molar-refractivity contribution in [1.82, 2.24) is 0 Å². The summed E-state index contributed by atoms with van der Waals surface area (Å²) in [5.41, 5.74) is 1.01. The fourth-order valence-electron chi connectivity index (χ4n) is 3.60. The van der Waals surface area contributed by atoms with Crippen LogP contribution in [0.15, 0.2) is 60.7 Å². The van der Waals surface area contributed by atoms with Crippen molar-refractivity contribution in [1.29, 1.82) is 0 Å². The number of carbonyl (C=O) groups is 2. The number of hydrogen-bond acceptors (Lipinski definition) is 6. The maximum atomic E-state index is 14.5. The number of esters is 1. The van der Waals surface area contributed by atoms with E-state index in [9.17, 15) is 18.4 Å². The van der Waals surface area contributed by atoms with Gasteiger partial charge >= 0.3 is 12.1 Å². The van der Waals surface area contributed by atoms with E-state index < -0.39 is 23.8 Å². The smallest absolute Gasteiger partial charge is 0.491 e. The Morgan fingerprint density at radius 2 is 1.41 bits per heavy atom. The second kappa shape index (κ2) is 14.0. The highest BCUT2D eigenvalue weighted by Crippen LogP contribution is 2.28. The van der Waals surface area contributed by atoms with Crippen molar-refractivity contribution < 1.29 is 37.3 Å². The van der Waals surface area contributed by atoms with Crippen LogP contribution in [0.2, 0.25) is 0 Å². The van der Waals surface area contributed by atoms with Gasteiger partial charge < -0.3 is 18.9 Å². The molecular weight excluding hydrogens is 482 g/mol. The lowest BCUT2D eigenvalue weighted by atomic mass is 10.1. The topological polar surface area (TPSA) is 71.1 Å². The van der Waals surface area contributed by atoms with E-state index in [0.717, 1.165) is 38.5 Å². The molecule has 0 fully saturated rings. The molecular formula is C29H30F2O6. The van der Waals surface area contributed by atoms with E-state index in [2.05, 4.69) is 11.7 Å². The van der Waals surface area contributed by atoms with Gasteiger partial charge in [0.1, 0.15) is 17.3 Å². The van der Waals surface area contributed by atoms with Crippen LogP contribution in [0.1, 0.15) is 55.8 Å². The fourth-order valence-corrected chi connectivity index (χ4v) is 3.60. The predicted octanol–water partition coefficient (Wildman–Crippen LogP) is 7.74. The molecule has 37 heavy (non-hydrogen) atoms. The zero-order chi connectivity index (χ0) is 26.6. The lowest BCUT2D eigenvalue weighted by molar-refractivity contribution is 0.0730. The van der Waals surface area contributed by atoms with Crippen LogP contribution < -0.4 is 14.2 Å². The summed E-state index contributed by atoms with van der Waals surface area (Å²) < 4.78 is 48.7. The van der Waals surface area contributed by atoms with Crippen LogP contribution in [0.5, 0.6) is 17.2 Å². The second-order valence-corrected chi connectivity index (χ2v) is 8.37. The van der Waals surface area contributed by atoms with Crippen LogP contribution in [-0.2, 0) is 4.74 Å². The zero-order valence-corrected chi connectivity index (χ0v) is 20.9. The van der Waals surface area contributed by atoms with Gasteiger partial charge in [0.2, 0.25) is 0 Å². The lowest BCUT2D eigenvalue weighted by Crippen LogP contribution is -2.12. The van der Waals surface area contributed by atoms with Crippen LogP contribution in [0.4, 0.5) is 13.6 Å². The highest BCUT2D eigenvalue weighted by atomic mass is 19.1. The fraction of sp³-hybridized carbons (Fsp3) is 0.310. The Kier molecular flexibility index (Phi) is 10.4. The SMILES string of the molecule is CCCCCCCCOc1ccc(-c2ccc(OC(=O)c3ccc(OC(=O)OC)cc3F)cc2)cc1F. The molecule has 8 heteroatoms. The molecule has 0 bridgehead atoms. The summed E-state index contributed by atoms with van der Waals surface area (Å²) in [6.07, 6.45) is 5.77. The molecule has 196 valence electrons. The first-order valence-corrected chi connectivity index (χ1v) is 12.2. The standard InChI is InChI=1S/C29H30F2O6/c1-3-4-5-6-7-8-17-35-27-16-11-21(18-26(27)31)20-9-12-22(13-10-20)36-28(32)24-15-14-23(19-25(24)30)37-29(33)34-2/h9-16,18-19H,3-8,17H2,1-2H3. The Balaban J connectivity index is 1.55. The minimum Gasteiger partial charge on any atom is -0.491 e. The summed E-state index contributed by atoms with van der Waals surface area (Å²) in [7, 11) is 1.12. The average molecular weight is 513 g/mol. The summed E-state index contributed by atoms with van der Waals surface area (Å²) in [6.45, 7) is 2.65. The van der Waals surface area contributed by atoms with Crippen LogP contribution in [-0.4, -0.2) is 25.8 Å². The van der Waals surface area contributed by atoms with Gasteiger partial charge in [-0.05, 0) is 53.9 Å². The molecule has 0 N–H and O–H groups in total. The maximum absolute atomic E-state index is 14.5. The zero-order valence-electron chi connectivity index (χ0n) is 20.9. The van der Waals surface area contributed by atoms with Crippen LogP contribution >= 0.6 is 0 Å². The molecule has 3 rings (SSSR count). The molecule has 3 aromatic rings. The Hall–Kier alpha value is -3.94. The Morgan fingerprint density at radius 1 is 0.730 bits per heavy atom. The van der Waals surface area contributed by atoms with Gasteiger partial charge in [-0.2, -0.15) is 0 Å². The molecule has 0 unspecified atom stereocenters. The predicted molar refractivity (Wildman–Crippen MR) is 135 cm³/mol. The summed E-state index contributed by atoms with van der Waals surface area (Å²) in [6, 6.07) is 14.4. The quantitative estimate of drug-likeness (QED) is 0.107. The van der Waals surface area contributed by atoms with Crippen molar-refractivity contribution in [2.75, 3.05) is 13.7 Å². The van der Waals surface area contributed by atoms with Gasteiger partial charge in [0.25, 0.3) is 0 Å². The molecule has 3 aromatic carbocycles. The van der Waals surface area contributed by atoms with Gasteiger partial charge in [-0.1, -0.05) is 57.2 Å². The summed E-state index contributed by atoms with van der Waals surface area (Å²) in [5.74, 6) is -2.01. The van der Waals surface area contributed by atoms with Crippen molar-refractivity contribution >= 4 is 12.1 Å². The first-order chi connectivity index (χ1) is 17.9. The molecule has 0 aliphatic heterocycles. The highest BCUT2D eigenvalue weighted by molar-refractivity contribution is 5.91. The van der Waals surface area contributed by atoms with Gasteiger partial charge in [-0.3, -0.25) is 0 Å². The van der Waals surface area contributed by atoms with Gasteiger partial charge in [0, 0.05) is 6.07 Å². The molecule has 0 amide bonds. The second-order valence-electron chi connectivity index (χ2n) is 8.37. The number of ether oxygens (including phenoxy) is 4. The molecule has 0 atom stereocenters. The largest absolute Gasteiger partial charge is 0.513 e. The number of benzene rings is 3. The third kappa shape index (κ3) is 8.31.